The molecule has 0 radical (unpaired) electrons. The van der Waals surface area contributed by atoms with Gasteiger partial charge in [-0.05, 0) is 12.5 Å². The Kier molecular flexibility index (Phi) is 4.44. The number of anilines is 3. The van der Waals surface area contributed by atoms with Crippen LogP contribution in [0.25, 0.3) is 5.65 Å². The van der Waals surface area contributed by atoms with Gasteiger partial charge in [-0.2, -0.15) is 4.98 Å². The smallest absolute Gasteiger partial charge is 0.227 e. The van der Waals surface area contributed by atoms with Crippen LogP contribution in [0, 0.1) is 0 Å². The Labute approximate surface area is 163 Å². The van der Waals surface area contributed by atoms with Gasteiger partial charge < -0.3 is 23.8 Å². The summed E-state index contributed by atoms with van der Waals surface area (Å²) in [7, 11) is 2.11. The van der Waals surface area contributed by atoms with Crippen molar-refractivity contribution >= 4 is 23.2 Å². The molecule has 2 fully saturated rings. The SMILES string of the molecule is CN(c1ccnc(N2CCOCC2)n1)C1CCN(c2nccn3ccnc23)C1. The zero-order chi connectivity index (χ0) is 18.9. The molecule has 2 saturated heterocycles. The van der Waals surface area contributed by atoms with E-state index in [4.69, 9.17) is 9.72 Å². The molecule has 9 nitrogen and oxygen atoms in total. The van der Waals surface area contributed by atoms with Gasteiger partial charge in [0.15, 0.2) is 11.5 Å². The number of hydrogen-bond acceptors (Lipinski definition) is 8. The quantitative estimate of drug-likeness (QED) is 0.665. The molecule has 0 saturated carbocycles. The summed E-state index contributed by atoms with van der Waals surface area (Å²) in [6.07, 6.45) is 10.4. The monoisotopic (exact) mass is 380 g/mol. The Balaban J connectivity index is 1.32. The number of morpholine rings is 1. The van der Waals surface area contributed by atoms with Crippen molar-refractivity contribution in [2.75, 3.05) is 61.1 Å². The Morgan fingerprint density at radius 1 is 1.00 bits per heavy atom. The van der Waals surface area contributed by atoms with Crippen molar-refractivity contribution in [3.8, 4) is 0 Å². The third kappa shape index (κ3) is 3.11. The van der Waals surface area contributed by atoms with Gasteiger partial charge in [0.1, 0.15) is 5.82 Å². The van der Waals surface area contributed by atoms with E-state index in [-0.39, 0.29) is 0 Å². The second-order valence-electron chi connectivity index (χ2n) is 7.22. The van der Waals surface area contributed by atoms with Gasteiger partial charge in [-0.1, -0.05) is 0 Å². The first-order chi connectivity index (χ1) is 13.8. The van der Waals surface area contributed by atoms with Crippen molar-refractivity contribution in [2.45, 2.75) is 12.5 Å². The van der Waals surface area contributed by atoms with E-state index in [1.807, 2.05) is 41.5 Å². The minimum atomic E-state index is 0.365. The second kappa shape index (κ2) is 7.23. The molecule has 1 unspecified atom stereocenters. The van der Waals surface area contributed by atoms with Gasteiger partial charge >= 0.3 is 0 Å². The highest BCUT2D eigenvalue weighted by Crippen LogP contribution is 2.26. The molecule has 146 valence electrons. The molecule has 0 aromatic carbocycles. The van der Waals surface area contributed by atoms with Crippen LogP contribution in [0.5, 0.6) is 0 Å². The van der Waals surface area contributed by atoms with Crippen molar-refractivity contribution in [1.29, 1.82) is 0 Å². The van der Waals surface area contributed by atoms with Gasteiger partial charge in [0.05, 0.1) is 13.2 Å². The number of nitrogens with zero attached hydrogens (tertiary/aromatic N) is 8. The minimum Gasteiger partial charge on any atom is -0.378 e. The number of rotatable bonds is 4. The lowest BCUT2D eigenvalue weighted by Gasteiger charge is -2.29. The summed E-state index contributed by atoms with van der Waals surface area (Å²) >= 11 is 0. The van der Waals surface area contributed by atoms with E-state index in [1.54, 1.807) is 0 Å². The van der Waals surface area contributed by atoms with E-state index in [2.05, 4.69) is 36.7 Å². The van der Waals surface area contributed by atoms with Gasteiger partial charge in [-0.3, -0.25) is 0 Å². The first kappa shape index (κ1) is 17.2. The second-order valence-corrected chi connectivity index (χ2v) is 7.22. The highest BCUT2D eigenvalue weighted by molar-refractivity contribution is 5.64. The average molecular weight is 380 g/mol. The molecule has 5 rings (SSSR count). The van der Waals surface area contributed by atoms with E-state index in [0.29, 0.717) is 6.04 Å². The van der Waals surface area contributed by atoms with Crippen molar-refractivity contribution in [3.63, 3.8) is 0 Å². The van der Waals surface area contributed by atoms with Crippen molar-refractivity contribution < 1.29 is 4.74 Å². The maximum absolute atomic E-state index is 5.43. The highest BCUT2D eigenvalue weighted by atomic mass is 16.5. The summed E-state index contributed by atoms with van der Waals surface area (Å²) in [5.41, 5.74) is 0.905. The Bertz CT molecular complexity index is 954. The van der Waals surface area contributed by atoms with Crippen LogP contribution in [0.2, 0.25) is 0 Å². The molecule has 28 heavy (non-hydrogen) atoms. The summed E-state index contributed by atoms with van der Waals surface area (Å²) in [6.45, 7) is 4.98. The maximum atomic E-state index is 5.43. The molecule has 5 heterocycles. The fraction of sp³-hybridized carbons (Fsp3) is 0.474. The summed E-state index contributed by atoms with van der Waals surface area (Å²) in [5.74, 6) is 2.68. The summed E-state index contributed by atoms with van der Waals surface area (Å²) in [4.78, 5) is 25.1. The molecule has 0 amide bonds. The van der Waals surface area contributed by atoms with Crippen molar-refractivity contribution in [2.24, 2.45) is 0 Å². The first-order valence-electron chi connectivity index (χ1n) is 9.71. The topological polar surface area (TPSA) is 74.9 Å². The van der Waals surface area contributed by atoms with Crippen molar-refractivity contribution in [1.82, 2.24) is 24.3 Å². The fourth-order valence-electron chi connectivity index (χ4n) is 3.95. The Hall–Kier alpha value is -2.94. The molecule has 2 aliphatic heterocycles. The largest absolute Gasteiger partial charge is 0.378 e. The molecule has 3 aromatic rings. The third-order valence-corrected chi connectivity index (χ3v) is 5.59. The first-order valence-corrected chi connectivity index (χ1v) is 9.71. The standard InChI is InChI=1S/C19H24N8O/c1-24(16-2-4-22-19(23-16)26-10-12-28-13-11-26)15-3-7-27(14-15)18-17-20-5-8-25(17)9-6-21-18/h2,4-6,8-9,15H,3,7,10-14H2,1H3. The van der Waals surface area contributed by atoms with Crippen LogP contribution >= 0.6 is 0 Å². The van der Waals surface area contributed by atoms with E-state index >= 15 is 0 Å². The molecule has 0 N–H and O–H groups in total. The number of fused-ring (bicyclic) bond motifs is 1. The lowest BCUT2D eigenvalue weighted by Crippen LogP contribution is -2.38. The van der Waals surface area contributed by atoms with Gasteiger partial charge in [0, 0.05) is 70.3 Å². The van der Waals surface area contributed by atoms with E-state index in [1.165, 1.54) is 0 Å². The zero-order valence-electron chi connectivity index (χ0n) is 16.0. The van der Waals surface area contributed by atoms with Crippen LogP contribution in [-0.2, 0) is 4.74 Å². The van der Waals surface area contributed by atoms with Crippen LogP contribution in [0.1, 0.15) is 6.42 Å². The third-order valence-electron chi connectivity index (χ3n) is 5.59. The molecule has 9 heteroatoms. The number of aromatic nitrogens is 5. The predicted molar refractivity (Wildman–Crippen MR) is 107 cm³/mol. The van der Waals surface area contributed by atoms with Gasteiger partial charge in [0.2, 0.25) is 5.95 Å². The van der Waals surface area contributed by atoms with Crippen LogP contribution in [-0.4, -0.2) is 76.8 Å². The Morgan fingerprint density at radius 2 is 1.82 bits per heavy atom. The average Bonchev–Trinajstić information content (AvgIpc) is 3.43. The lowest BCUT2D eigenvalue weighted by atomic mass is 10.2. The summed E-state index contributed by atoms with van der Waals surface area (Å²) in [5, 5.41) is 0. The number of ether oxygens (including phenoxy) is 1. The number of likely N-dealkylation sites (N-methyl/N-ethyl adjacent to an activating group) is 1. The number of imidazole rings is 1. The molecule has 1 atom stereocenters. The zero-order valence-corrected chi connectivity index (χ0v) is 16.0. The number of hydrogen-bond donors (Lipinski definition) is 0. The molecule has 0 aliphatic carbocycles. The van der Waals surface area contributed by atoms with Crippen LogP contribution in [0.15, 0.2) is 37.1 Å². The van der Waals surface area contributed by atoms with E-state index in [0.717, 1.165) is 69.0 Å². The van der Waals surface area contributed by atoms with Gasteiger partial charge in [-0.15, -0.1) is 0 Å². The van der Waals surface area contributed by atoms with Gasteiger partial charge in [0.25, 0.3) is 0 Å². The Morgan fingerprint density at radius 3 is 2.68 bits per heavy atom. The summed E-state index contributed by atoms with van der Waals surface area (Å²) in [6, 6.07) is 2.35. The van der Waals surface area contributed by atoms with Gasteiger partial charge in [-0.25, -0.2) is 15.0 Å². The normalized spacial score (nSPS) is 20.1. The van der Waals surface area contributed by atoms with Crippen molar-refractivity contribution in [3.05, 3.63) is 37.1 Å². The van der Waals surface area contributed by atoms with E-state index < -0.39 is 0 Å². The molecular formula is C19H24N8O. The van der Waals surface area contributed by atoms with E-state index in [9.17, 15) is 0 Å². The molecular weight excluding hydrogens is 356 g/mol. The van der Waals surface area contributed by atoms with Crippen LogP contribution in [0.4, 0.5) is 17.6 Å². The maximum Gasteiger partial charge on any atom is 0.227 e. The fourth-order valence-corrected chi connectivity index (χ4v) is 3.95. The molecule has 0 spiro atoms. The predicted octanol–water partition coefficient (Wildman–Crippen LogP) is 1.07. The van der Waals surface area contributed by atoms with Crippen LogP contribution in [0.3, 0.4) is 0 Å². The summed E-state index contributed by atoms with van der Waals surface area (Å²) < 4.78 is 7.45. The minimum absolute atomic E-state index is 0.365. The van der Waals surface area contributed by atoms with Crippen LogP contribution < -0.4 is 14.7 Å². The highest BCUT2D eigenvalue weighted by Gasteiger charge is 2.29. The molecule has 0 bridgehead atoms. The molecule has 3 aromatic heterocycles. The lowest BCUT2D eigenvalue weighted by molar-refractivity contribution is 0.122. The molecule has 2 aliphatic rings.